The first-order chi connectivity index (χ1) is 15.8. The summed E-state index contributed by atoms with van der Waals surface area (Å²) in [5.41, 5.74) is 5.56. The van der Waals surface area contributed by atoms with E-state index in [0.29, 0.717) is 28.6 Å². The molecule has 1 heterocycles. The highest BCUT2D eigenvalue weighted by Crippen LogP contribution is 2.28. The summed E-state index contributed by atoms with van der Waals surface area (Å²) in [5, 5.41) is 6.40. The molecule has 0 aliphatic carbocycles. The fourth-order valence-electron chi connectivity index (χ4n) is 3.49. The zero-order valence-electron chi connectivity index (χ0n) is 19.6. The highest BCUT2D eigenvalue weighted by atomic mass is 32.2. The van der Waals surface area contributed by atoms with Crippen LogP contribution in [0.5, 0.6) is 5.75 Å². The molecule has 0 atom stereocenters. The van der Waals surface area contributed by atoms with Crippen LogP contribution in [0.2, 0.25) is 0 Å². The molecule has 0 spiro atoms. The number of pyridine rings is 1. The minimum absolute atomic E-state index is 0.138. The van der Waals surface area contributed by atoms with Crippen LogP contribution in [-0.2, 0) is 4.79 Å². The van der Waals surface area contributed by atoms with E-state index in [0.717, 1.165) is 28.1 Å². The number of carbonyl (C=O) groups is 2. The number of thioether (sulfide) groups is 1. The fraction of sp³-hybridized carbons (Fsp3) is 0.269. The normalized spacial score (nSPS) is 10.6. The van der Waals surface area contributed by atoms with E-state index in [1.807, 2.05) is 77.1 Å². The predicted octanol–water partition coefficient (Wildman–Crippen LogP) is 5.70. The Bertz CT molecular complexity index is 1180. The number of rotatable bonds is 8. The Morgan fingerprint density at radius 3 is 2.42 bits per heavy atom. The molecule has 3 rings (SSSR count). The van der Waals surface area contributed by atoms with E-state index in [2.05, 4.69) is 15.6 Å². The molecule has 2 aromatic carbocycles. The Hall–Kier alpha value is -3.32. The van der Waals surface area contributed by atoms with E-state index < -0.39 is 0 Å². The van der Waals surface area contributed by atoms with Crippen LogP contribution >= 0.6 is 11.8 Å². The first-order valence-electron chi connectivity index (χ1n) is 10.8. The van der Waals surface area contributed by atoms with Gasteiger partial charge in [0, 0.05) is 11.4 Å². The van der Waals surface area contributed by atoms with Crippen molar-refractivity contribution in [3.8, 4) is 5.75 Å². The maximum absolute atomic E-state index is 13.2. The molecule has 0 radical (unpaired) electrons. The van der Waals surface area contributed by atoms with Crippen LogP contribution in [0.15, 0.2) is 53.6 Å². The van der Waals surface area contributed by atoms with E-state index in [1.165, 1.54) is 11.8 Å². The lowest BCUT2D eigenvalue weighted by atomic mass is 10.1. The second-order valence-corrected chi connectivity index (χ2v) is 8.76. The molecular formula is C26H29N3O3S. The van der Waals surface area contributed by atoms with E-state index in [9.17, 15) is 9.59 Å². The van der Waals surface area contributed by atoms with Crippen LogP contribution in [0.25, 0.3) is 0 Å². The second-order valence-electron chi connectivity index (χ2n) is 7.80. The van der Waals surface area contributed by atoms with Crippen LogP contribution in [-0.4, -0.2) is 29.2 Å². The highest BCUT2D eigenvalue weighted by Gasteiger charge is 2.20. The topological polar surface area (TPSA) is 80.3 Å². The molecule has 1 aromatic heterocycles. The number of hydrogen-bond donors (Lipinski definition) is 2. The first-order valence-corrected chi connectivity index (χ1v) is 11.8. The molecule has 7 heteroatoms. The van der Waals surface area contributed by atoms with Gasteiger partial charge in [-0.05, 0) is 70.0 Å². The molecule has 0 aliphatic heterocycles. The summed E-state index contributed by atoms with van der Waals surface area (Å²) < 4.78 is 5.62. The number of hydrogen-bond acceptors (Lipinski definition) is 5. The number of aryl methyl sites for hydroxylation is 4. The lowest BCUT2D eigenvalue weighted by Gasteiger charge is -2.15. The van der Waals surface area contributed by atoms with Gasteiger partial charge >= 0.3 is 0 Å². The number of amides is 2. The lowest BCUT2D eigenvalue weighted by Crippen LogP contribution is -2.18. The van der Waals surface area contributed by atoms with E-state index in [-0.39, 0.29) is 17.6 Å². The van der Waals surface area contributed by atoms with Gasteiger partial charge in [-0.2, -0.15) is 0 Å². The van der Waals surface area contributed by atoms with Gasteiger partial charge in [-0.15, -0.1) is 0 Å². The van der Waals surface area contributed by atoms with Gasteiger partial charge in [0.15, 0.2) is 0 Å². The van der Waals surface area contributed by atoms with Crippen molar-refractivity contribution in [2.24, 2.45) is 0 Å². The monoisotopic (exact) mass is 463 g/mol. The number of nitrogens with one attached hydrogen (secondary N) is 2. The zero-order chi connectivity index (χ0) is 24.0. The Kier molecular flexibility index (Phi) is 8.11. The van der Waals surface area contributed by atoms with Crippen molar-refractivity contribution in [2.75, 3.05) is 23.0 Å². The maximum Gasteiger partial charge on any atom is 0.258 e. The summed E-state index contributed by atoms with van der Waals surface area (Å²) in [6.45, 7) is 10.1. The quantitative estimate of drug-likeness (QED) is 0.419. The Balaban J connectivity index is 1.78. The molecule has 0 saturated carbocycles. The minimum Gasteiger partial charge on any atom is -0.492 e. The van der Waals surface area contributed by atoms with Crippen LogP contribution < -0.4 is 15.4 Å². The van der Waals surface area contributed by atoms with Gasteiger partial charge in [0.2, 0.25) is 5.91 Å². The molecule has 33 heavy (non-hydrogen) atoms. The smallest absolute Gasteiger partial charge is 0.258 e. The fourth-order valence-corrected chi connectivity index (χ4v) is 4.44. The number of nitrogens with zero attached hydrogens (tertiary/aromatic N) is 1. The van der Waals surface area contributed by atoms with Gasteiger partial charge in [0.05, 0.1) is 23.6 Å². The van der Waals surface area contributed by atoms with Gasteiger partial charge < -0.3 is 15.4 Å². The number of carbonyl (C=O) groups excluding carboxylic acids is 2. The predicted molar refractivity (Wildman–Crippen MR) is 135 cm³/mol. The summed E-state index contributed by atoms with van der Waals surface area (Å²) in [4.78, 5) is 30.4. The number of ether oxygens (including phenoxy) is 1. The summed E-state index contributed by atoms with van der Waals surface area (Å²) in [6.07, 6.45) is 0. The third-order valence-corrected chi connectivity index (χ3v) is 5.95. The Labute approximate surface area is 199 Å². The Morgan fingerprint density at radius 1 is 0.939 bits per heavy atom. The molecule has 0 fully saturated rings. The van der Waals surface area contributed by atoms with Crippen LogP contribution in [0, 0.1) is 27.7 Å². The van der Waals surface area contributed by atoms with Crippen molar-refractivity contribution in [1.29, 1.82) is 0 Å². The van der Waals surface area contributed by atoms with Crippen molar-refractivity contribution in [1.82, 2.24) is 4.98 Å². The molecule has 0 saturated heterocycles. The summed E-state index contributed by atoms with van der Waals surface area (Å²) in [6, 6.07) is 15.1. The number of aromatic nitrogens is 1. The number of benzene rings is 2. The first kappa shape index (κ1) is 24.3. The summed E-state index contributed by atoms with van der Waals surface area (Å²) >= 11 is 1.25. The highest BCUT2D eigenvalue weighted by molar-refractivity contribution is 8.00. The van der Waals surface area contributed by atoms with E-state index in [1.54, 1.807) is 6.07 Å². The van der Waals surface area contributed by atoms with Crippen LogP contribution in [0.3, 0.4) is 0 Å². The van der Waals surface area contributed by atoms with Crippen molar-refractivity contribution in [3.63, 3.8) is 0 Å². The molecule has 3 aromatic rings. The standard InChI is InChI=1S/C26H29N3O3S/c1-6-32-22-10-8-7-9-21(22)29-25(31)24-18(4)14-19(5)27-26(24)33-15-23(30)28-20-12-11-16(2)13-17(20)3/h7-14H,6,15H2,1-5H3,(H,28,30)(H,29,31). The summed E-state index contributed by atoms with van der Waals surface area (Å²) in [5.74, 6) is 0.303. The largest absolute Gasteiger partial charge is 0.492 e. The van der Waals surface area contributed by atoms with E-state index in [4.69, 9.17) is 4.74 Å². The van der Waals surface area contributed by atoms with Gasteiger partial charge in [-0.3, -0.25) is 9.59 Å². The molecule has 0 aliphatic rings. The average Bonchev–Trinajstić information content (AvgIpc) is 2.75. The van der Waals surface area contributed by atoms with Gasteiger partial charge in [-0.1, -0.05) is 41.6 Å². The minimum atomic E-state index is -0.288. The average molecular weight is 464 g/mol. The lowest BCUT2D eigenvalue weighted by molar-refractivity contribution is -0.113. The van der Waals surface area contributed by atoms with Crippen molar-refractivity contribution < 1.29 is 14.3 Å². The van der Waals surface area contributed by atoms with Gasteiger partial charge in [-0.25, -0.2) is 4.98 Å². The van der Waals surface area contributed by atoms with Crippen molar-refractivity contribution >= 4 is 35.0 Å². The third kappa shape index (κ3) is 6.35. The van der Waals surface area contributed by atoms with Gasteiger partial charge in [0.1, 0.15) is 10.8 Å². The molecular weight excluding hydrogens is 434 g/mol. The SMILES string of the molecule is CCOc1ccccc1NC(=O)c1c(C)cc(C)nc1SCC(=O)Nc1ccc(C)cc1C. The molecule has 6 nitrogen and oxygen atoms in total. The number of para-hydroxylation sites is 2. The molecule has 0 unspecified atom stereocenters. The molecule has 0 bridgehead atoms. The van der Waals surface area contributed by atoms with Crippen LogP contribution in [0.1, 0.15) is 39.7 Å². The molecule has 2 N–H and O–H groups in total. The molecule has 2 amide bonds. The molecule has 172 valence electrons. The van der Waals surface area contributed by atoms with Crippen molar-refractivity contribution in [3.05, 3.63) is 76.5 Å². The van der Waals surface area contributed by atoms with E-state index >= 15 is 0 Å². The van der Waals surface area contributed by atoms with Gasteiger partial charge in [0.25, 0.3) is 5.91 Å². The summed E-state index contributed by atoms with van der Waals surface area (Å²) in [7, 11) is 0. The Morgan fingerprint density at radius 2 is 1.70 bits per heavy atom. The van der Waals surface area contributed by atoms with Crippen molar-refractivity contribution in [2.45, 2.75) is 39.6 Å². The zero-order valence-corrected chi connectivity index (χ0v) is 20.4. The van der Waals surface area contributed by atoms with Crippen LogP contribution in [0.4, 0.5) is 11.4 Å². The second kappa shape index (κ2) is 11.0. The third-order valence-electron chi connectivity index (χ3n) is 4.97. The maximum atomic E-state index is 13.2. The number of anilines is 2.